The van der Waals surface area contributed by atoms with E-state index in [9.17, 15) is 19.3 Å². The van der Waals surface area contributed by atoms with Gasteiger partial charge in [0.15, 0.2) is 0 Å². The molecule has 0 aliphatic heterocycles. The summed E-state index contributed by atoms with van der Waals surface area (Å²) in [4.78, 5) is 24.4. The highest BCUT2D eigenvalue weighted by atomic mass is 19.1. The number of hydrogen-bond donors (Lipinski definition) is 1. The normalized spacial score (nSPS) is 10.4. The molecule has 2 rings (SSSR count). The maximum absolute atomic E-state index is 13.0. The van der Waals surface area contributed by atoms with E-state index in [0.717, 1.165) is 5.56 Å². The fraction of sp³-hybridized carbons (Fsp3) is 0.211. The van der Waals surface area contributed by atoms with Gasteiger partial charge in [-0.25, -0.2) is 4.39 Å². The number of carbonyl (C=O) groups excluding carboxylic acids is 1. The molecule has 26 heavy (non-hydrogen) atoms. The predicted octanol–water partition coefficient (Wildman–Crippen LogP) is 3.12. The number of nitro benzene ring substituents is 1. The Hall–Kier alpha value is -3.24. The minimum Gasteiger partial charge on any atom is -0.324 e. The fourth-order valence-corrected chi connectivity index (χ4v) is 2.40. The Bertz CT molecular complexity index is 844. The van der Waals surface area contributed by atoms with Gasteiger partial charge in [-0.15, -0.1) is 6.42 Å². The molecule has 0 saturated heterocycles. The summed E-state index contributed by atoms with van der Waals surface area (Å²) >= 11 is 0. The summed E-state index contributed by atoms with van der Waals surface area (Å²) in [7, 11) is 0. The number of benzene rings is 2. The van der Waals surface area contributed by atoms with Gasteiger partial charge in [-0.3, -0.25) is 19.8 Å². The predicted molar refractivity (Wildman–Crippen MR) is 97.0 cm³/mol. The molecular formula is C19H18FN3O3. The van der Waals surface area contributed by atoms with Crippen molar-refractivity contribution in [3.05, 3.63) is 69.5 Å². The Kier molecular flexibility index (Phi) is 6.42. The highest BCUT2D eigenvalue weighted by Crippen LogP contribution is 2.21. The Morgan fingerprint density at radius 2 is 2.00 bits per heavy atom. The molecule has 7 heteroatoms. The van der Waals surface area contributed by atoms with Crippen LogP contribution in [-0.2, 0) is 11.3 Å². The molecule has 0 fully saturated rings. The van der Waals surface area contributed by atoms with Crippen molar-refractivity contribution in [2.75, 3.05) is 18.4 Å². The molecule has 0 aliphatic carbocycles. The summed E-state index contributed by atoms with van der Waals surface area (Å²) in [6, 6.07) is 10.2. The van der Waals surface area contributed by atoms with Crippen LogP contribution in [0.3, 0.4) is 0 Å². The number of nitrogens with zero attached hydrogens (tertiary/aromatic N) is 2. The largest absolute Gasteiger partial charge is 0.324 e. The maximum atomic E-state index is 13.0. The van der Waals surface area contributed by atoms with Crippen LogP contribution in [0.1, 0.15) is 11.1 Å². The van der Waals surface area contributed by atoms with Crippen LogP contribution in [0.25, 0.3) is 0 Å². The number of amides is 1. The third-order valence-corrected chi connectivity index (χ3v) is 3.71. The number of halogens is 1. The third kappa shape index (κ3) is 5.40. The molecule has 0 atom stereocenters. The molecule has 0 aliphatic rings. The first-order valence-corrected chi connectivity index (χ1v) is 7.84. The van der Waals surface area contributed by atoms with Crippen LogP contribution >= 0.6 is 0 Å². The fourth-order valence-electron chi connectivity index (χ4n) is 2.40. The van der Waals surface area contributed by atoms with E-state index in [1.165, 1.54) is 24.3 Å². The summed E-state index contributed by atoms with van der Waals surface area (Å²) < 4.78 is 13.0. The molecule has 6 nitrogen and oxygen atoms in total. The van der Waals surface area contributed by atoms with Gasteiger partial charge in [-0.1, -0.05) is 24.1 Å². The van der Waals surface area contributed by atoms with E-state index < -0.39 is 4.92 Å². The van der Waals surface area contributed by atoms with E-state index in [2.05, 4.69) is 11.2 Å². The second-order valence-corrected chi connectivity index (χ2v) is 5.78. The van der Waals surface area contributed by atoms with Gasteiger partial charge < -0.3 is 5.32 Å². The van der Waals surface area contributed by atoms with Gasteiger partial charge in [0, 0.05) is 18.7 Å². The first-order chi connectivity index (χ1) is 12.4. The highest BCUT2D eigenvalue weighted by molar-refractivity contribution is 5.93. The maximum Gasteiger partial charge on any atom is 0.271 e. The molecule has 0 radical (unpaired) electrons. The smallest absolute Gasteiger partial charge is 0.271 e. The van der Waals surface area contributed by atoms with Crippen molar-refractivity contribution in [1.29, 1.82) is 0 Å². The van der Waals surface area contributed by atoms with Crippen LogP contribution in [0.2, 0.25) is 0 Å². The van der Waals surface area contributed by atoms with Crippen molar-refractivity contribution in [2.24, 2.45) is 0 Å². The van der Waals surface area contributed by atoms with Crippen LogP contribution in [-0.4, -0.2) is 28.8 Å². The number of rotatable bonds is 7. The van der Waals surface area contributed by atoms with Crippen molar-refractivity contribution < 1.29 is 14.1 Å². The number of nitrogens with one attached hydrogen (secondary N) is 1. The van der Waals surface area contributed by atoms with Crippen LogP contribution < -0.4 is 5.32 Å². The van der Waals surface area contributed by atoms with E-state index in [1.54, 1.807) is 30.0 Å². The lowest BCUT2D eigenvalue weighted by atomic mass is 10.1. The van der Waals surface area contributed by atoms with E-state index in [1.807, 2.05) is 0 Å². The summed E-state index contributed by atoms with van der Waals surface area (Å²) in [6.45, 7) is 2.37. The monoisotopic (exact) mass is 355 g/mol. The summed E-state index contributed by atoms with van der Waals surface area (Å²) in [5.41, 5.74) is 1.82. The number of nitro groups is 1. The first-order valence-electron chi connectivity index (χ1n) is 7.84. The number of aryl methyl sites for hydroxylation is 1. The molecule has 0 saturated carbocycles. The molecular weight excluding hydrogens is 337 g/mol. The van der Waals surface area contributed by atoms with Gasteiger partial charge in [0.25, 0.3) is 5.69 Å². The van der Waals surface area contributed by atoms with Crippen molar-refractivity contribution >= 4 is 17.3 Å². The summed E-state index contributed by atoms with van der Waals surface area (Å²) in [5, 5.41) is 13.6. The van der Waals surface area contributed by atoms with E-state index in [-0.39, 0.29) is 30.5 Å². The lowest BCUT2D eigenvalue weighted by molar-refractivity contribution is -0.384. The average molecular weight is 355 g/mol. The zero-order valence-corrected chi connectivity index (χ0v) is 14.2. The standard InChI is InChI=1S/C19H18FN3O3/c1-3-10-22(12-15-5-7-16(20)8-6-15)13-19(24)21-18-11-17(23(25)26)9-4-14(18)2/h1,4-9,11H,10,12-13H2,2H3,(H,21,24). The first kappa shape index (κ1) is 19.1. The molecule has 134 valence electrons. The Morgan fingerprint density at radius 3 is 2.62 bits per heavy atom. The molecule has 0 spiro atoms. The zero-order chi connectivity index (χ0) is 19.1. The number of carbonyl (C=O) groups is 1. The lowest BCUT2D eigenvalue weighted by Crippen LogP contribution is -2.33. The van der Waals surface area contributed by atoms with E-state index >= 15 is 0 Å². The lowest BCUT2D eigenvalue weighted by Gasteiger charge is -2.19. The summed E-state index contributed by atoms with van der Waals surface area (Å²) in [6.07, 6.45) is 5.35. The number of anilines is 1. The van der Waals surface area contributed by atoms with Gasteiger partial charge in [-0.2, -0.15) is 0 Å². The van der Waals surface area contributed by atoms with Crippen LogP contribution in [0.15, 0.2) is 42.5 Å². The Balaban J connectivity index is 2.05. The van der Waals surface area contributed by atoms with Gasteiger partial charge >= 0.3 is 0 Å². The Labute approximate surface area is 150 Å². The highest BCUT2D eigenvalue weighted by Gasteiger charge is 2.14. The van der Waals surface area contributed by atoms with Crippen LogP contribution in [0.5, 0.6) is 0 Å². The molecule has 1 amide bonds. The number of terminal acetylenes is 1. The quantitative estimate of drug-likeness (QED) is 0.470. The summed E-state index contributed by atoms with van der Waals surface area (Å²) in [5.74, 6) is 1.81. The van der Waals surface area contributed by atoms with Crippen LogP contribution in [0, 0.1) is 35.2 Å². The molecule has 0 unspecified atom stereocenters. The Morgan fingerprint density at radius 1 is 1.31 bits per heavy atom. The van der Waals surface area contributed by atoms with Crippen molar-refractivity contribution in [3.63, 3.8) is 0 Å². The average Bonchev–Trinajstić information content (AvgIpc) is 2.59. The van der Waals surface area contributed by atoms with Gasteiger partial charge in [-0.05, 0) is 30.2 Å². The molecule has 0 bridgehead atoms. The van der Waals surface area contributed by atoms with E-state index in [4.69, 9.17) is 6.42 Å². The SMILES string of the molecule is C#CCN(CC(=O)Nc1cc([N+](=O)[O-])ccc1C)Cc1ccc(F)cc1. The zero-order valence-electron chi connectivity index (χ0n) is 14.2. The van der Waals surface area contributed by atoms with Gasteiger partial charge in [0.1, 0.15) is 5.82 Å². The molecule has 2 aromatic carbocycles. The van der Waals surface area contributed by atoms with Gasteiger partial charge in [0.2, 0.25) is 5.91 Å². The minimum atomic E-state index is -0.520. The van der Waals surface area contributed by atoms with Crippen molar-refractivity contribution in [2.45, 2.75) is 13.5 Å². The molecule has 0 aromatic heterocycles. The van der Waals surface area contributed by atoms with Crippen molar-refractivity contribution in [1.82, 2.24) is 4.90 Å². The second kappa shape index (κ2) is 8.74. The third-order valence-electron chi connectivity index (χ3n) is 3.71. The topological polar surface area (TPSA) is 75.5 Å². The molecule has 0 heterocycles. The number of non-ortho nitro benzene ring substituents is 1. The minimum absolute atomic E-state index is 0.00368. The van der Waals surface area contributed by atoms with Crippen molar-refractivity contribution in [3.8, 4) is 12.3 Å². The second-order valence-electron chi connectivity index (χ2n) is 5.78. The number of hydrogen-bond acceptors (Lipinski definition) is 4. The van der Waals surface area contributed by atoms with E-state index in [0.29, 0.717) is 17.8 Å². The molecule has 2 aromatic rings. The molecule has 1 N–H and O–H groups in total. The van der Waals surface area contributed by atoms with Gasteiger partial charge in [0.05, 0.1) is 23.7 Å². The van der Waals surface area contributed by atoms with Crippen LogP contribution in [0.4, 0.5) is 15.8 Å².